The van der Waals surface area contributed by atoms with E-state index in [1.807, 2.05) is 6.92 Å². The van der Waals surface area contributed by atoms with Crippen molar-refractivity contribution < 1.29 is 9.72 Å². The molecule has 5 nitrogen and oxygen atoms in total. The molecule has 5 heteroatoms. The minimum absolute atomic E-state index is 0.0182. The Labute approximate surface area is 93.8 Å². The van der Waals surface area contributed by atoms with Gasteiger partial charge in [0.2, 0.25) is 0 Å². The summed E-state index contributed by atoms with van der Waals surface area (Å²) >= 11 is 0. The number of amides is 1. The molecule has 1 aromatic rings. The van der Waals surface area contributed by atoms with Crippen LogP contribution in [0.3, 0.4) is 0 Å². The van der Waals surface area contributed by atoms with Gasteiger partial charge in [-0.1, -0.05) is 6.07 Å². The van der Waals surface area contributed by atoms with Crippen LogP contribution in [0, 0.1) is 17.0 Å². The number of carbonyl (C=O) groups excluding carboxylic acids is 1. The molecule has 0 bridgehead atoms. The van der Waals surface area contributed by atoms with E-state index in [-0.39, 0.29) is 11.6 Å². The second-order valence-corrected chi connectivity index (χ2v) is 3.53. The second-order valence-electron chi connectivity index (χ2n) is 3.53. The molecular weight excluding hydrogens is 208 g/mol. The molecule has 0 spiro atoms. The first-order chi connectivity index (χ1) is 7.49. The Kier molecular flexibility index (Phi) is 3.60. The smallest absolute Gasteiger partial charge is 0.273 e. The molecule has 0 aliphatic rings. The fourth-order valence-corrected chi connectivity index (χ4v) is 1.40. The average Bonchev–Trinajstić information content (AvgIpc) is 2.27. The number of hydrogen-bond acceptors (Lipinski definition) is 3. The molecule has 0 radical (unpaired) electrons. The van der Waals surface area contributed by atoms with E-state index in [9.17, 15) is 14.9 Å². The normalized spacial score (nSPS) is 9.94. The van der Waals surface area contributed by atoms with Gasteiger partial charge >= 0.3 is 0 Å². The molecular formula is C11H14N2O3. The van der Waals surface area contributed by atoms with Crippen molar-refractivity contribution in [2.45, 2.75) is 13.8 Å². The lowest BCUT2D eigenvalue weighted by Gasteiger charge is -2.15. The largest absolute Gasteiger partial charge is 0.342 e. The van der Waals surface area contributed by atoms with Crippen LogP contribution in [0.2, 0.25) is 0 Å². The summed E-state index contributed by atoms with van der Waals surface area (Å²) in [6, 6.07) is 4.54. The lowest BCUT2D eigenvalue weighted by Crippen LogP contribution is -2.27. The van der Waals surface area contributed by atoms with Gasteiger partial charge in [0, 0.05) is 30.8 Å². The fourth-order valence-electron chi connectivity index (χ4n) is 1.40. The van der Waals surface area contributed by atoms with Crippen molar-refractivity contribution in [3.8, 4) is 0 Å². The molecule has 0 heterocycles. The third kappa shape index (κ3) is 2.18. The summed E-state index contributed by atoms with van der Waals surface area (Å²) < 4.78 is 0. The Balaban J connectivity index is 3.20. The summed E-state index contributed by atoms with van der Waals surface area (Å²) in [6.45, 7) is 4.01. The maximum absolute atomic E-state index is 11.9. The van der Waals surface area contributed by atoms with Crippen molar-refractivity contribution in [2.24, 2.45) is 0 Å². The Morgan fingerprint density at radius 2 is 2.12 bits per heavy atom. The van der Waals surface area contributed by atoms with Gasteiger partial charge in [-0.2, -0.15) is 0 Å². The van der Waals surface area contributed by atoms with Crippen molar-refractivity contribution in [1.29, 1.82) is 0 Å². The lowest BCUT2D eigenvalue weighted by atomic mass is 10.1. The van der Waals surface area contributed by atoms with E-state index in [0.29, 0.717) is 17.7 Å². The summed E-state index contributed by atoms with van der Waals surface area (Å²) in [5.74, 6) is -0.191. The highest BCUT2D eigenvalue weighted by molar-refractivity contribution is 5.96. The molecule has 0 fully saturated rings. The van der Waals surface area contributed by atoms with Gasteiger partial charge in [0.15, 0.2) is 0 Å². The third-order valence-electron chi connectivity index (χ3n) is 2.55. The standard InChI is InChI=1S/C11H14N2O3/c1-4-12(3)11(14)9-6-5-7-10(8(9)2)13(15)16/h5-7H,4H2,1-3H3. The van der Waals surface area contributed by atoms with Crippen LogP contribution in [0.5, 0.6) is 0 Å². The summed E-state index contributed by atoms with van der Waals surface area (Å²) in [5.41, 5.74) is 0.784. The van der Waals surface area contributed by atoms with Crippen LogP contribution >= 0.6 is 0 Å². The summed E-state index contributed by atoms with van der Waals surface area (Å²) in [5, 5.41) is 10.7. The maximum atomic E-state index is 11.9. The van der Waals surface area contributed by atoms with E-state index in [2.05, 4.69) is 0 Å². The van der Waals surface area contributed by atoms with E-state index in [1.165, 1.54) is 17.0 Å². The Morgan fingerprint density at radius 1 is 1.50 bits per heavy atom. The Morgan fingerprint density at radius 3 is 2.62 bits per heavy atom. The number of carbonyl (C=O) groups is 1. The highest BCUT2D eigenvalue weighted by Crippen LogP contribution is 2.21. The minimum Gasteiger partial charge on any atom is -0.342 e. The maximum Gasteiger partial charge on any atom is 0.273 e. The van der Waals surface area contributed by atoms with Gasteiger partial charge in [0.25, 0.3) is 11.6 Å². The third-order valence-corrected chi connectivity index (χ3v) is 2.55. The highest BCUT2D eigenvalue weighted by Gasteiger charge is 2.19. The minimum atomic E-state index is -0.474. The number of rotatable bonds is 3. The molecule has 1 rings (SSSR count). The first kappa shape index (κ1) is 12.2. The molecule has 16 heavy (non-hydrogen) atoms. The summed E-state index contributed by atoms with van der Waals surface area (Å²) in [4.78, 5) is 23.6. The predicted molar refractivity (Wildman–Crippen MR) is 60.5 cm³/mol. The molecule has 0 N–H and O–H groups in total. The Bertz CT molecular complexity index is 429. The van der Waals surface area contributed by atoms with Crippen molar-refractivity contribution in [3.05, 3.63) is 39.4 Å². The zero-order valence-electron chi connectivity index (χ0n) is 9.56. The van der Waals surface area contributed by atoms with E-state index < -0.39 is 4.92 Å². The van der Waals surface area contributed by atoms with E-state index in [4.69, 9.17) is 0 Å². The molecule has 86 valence electrons. The van der Waals surface area contributed by atoms with Crippen LogP contribution in [0.15, 0.2) is 18.2 Å². The number of nitrogens with zero attached hydrogens (tertiary/aromatic N) is 2. The van der Waals surface area contributed by atoms with Crippen LogP contribution in [0.4, 0.5) is 5.69 Å². The van der Waals surface area contributed by atoms with E-state index in [1.54, 1.807) is 20.0 Å². The topological polar surface area (TPSA) is 63.5 Å². The molecule has 0 aliphatic heterocycles. The van der Waals surface area contributed by atoms with E-state index in [0.717, 1.165) is 0 Å². The molecule has 0 atom stereocenters. The van der Waals surface area contributed by atoms with Crippen molar-refractivity contribution in [1.82, 2.24) is 4.90 Å². The molecule has 1 amide bonds. The van der Waals surface area contributed by atoms with Gasteiger partial charge in [-0.3, -0.25) is 14.9 Å². The average molecular weight is 222 g/mol. The SMILES string of the molecule is CCN(C)C(=O)c1cccc([N+](=O)[O-])c1C. The monoisotopic (exact) mass is 222 g/mol. The van der Waals surface area contributed by atoms with Crippen LogP contribution in [-0.4, -0.2) is 29.3 Å². The number of nitro groups is 1. The van der Waals surface area contributed by atoms with Gasteiger partial charge in [-0.25, -0.2) is 0 Å². The molecule has 0 saturated heterocycles. The van der Waals surface area contributed by atoms with Gasteiger partial charge in [-0.05, 0) is 19.9 Å². The molecule has 1 aromatic carbocycles. The molecule has 0 aromatic heterocycles. The highest BCUT2D eigenvalue weighted by atomic mass is 16.6. The molecule has 0 aliphatic carbocycles. The van der Waals surface area contributed by atoms with Crippen molar-refractivity contribution in [2.75, 3.05) is 13.6 Å². The zero-order chi connectivity index (χ0) is 12.3. The Hall–Kier alpha value is -1.91. The van der Waals surface area contributed by atoms with Crippen LogP contribution < -0.4 is 0 Å². The van der Waals surface area contributed by atoms with Crippen molar-refractivity contribution >= 4 is 11.6 Å². The van der Waals surface area contributed by atoms with Gasteiger partial charge < -0.3 is 4.90 Å². The summed E-state index contributed by atoms with van der Waals surface area (Å²) in [6.07, 6.45) is 0. The second kappa shape index (κ2) is 4.74. The molecule has 0 unspecified atom stereocenters. The summed E-state index contributed by atoms with van der Waals surface area (Å²) in [7, 11) is 1.67. The number of benzene rings is 1. The van der Waals surface area contributed by atoms with E-state index >= 15 is 0 Å². The van der Waals surface area contributed by atoms with Crippen molar-refractivity contribution in [3.63, 3.8) is 0 Å². The zero-order valence-corrected chi connectivity index (χ0v) is 9.56. The number of hydrogen-bond donors (Lipinski definition) is 0. The van der Waals surface area contributed by atoms with Crippen LogP contribution in [0.25, 0.3) is 0 Å². The quantitative estimate of drug-likeness (QED) is 0.580. The fraction of sp³-hybridized carbons (Fsp3) is 0.364. The van der Waals surface area contributed by atoms with Crippen LogP contribution in [0.1, 0.15) is 22.8 Å². The van der Waals surface area contributed by atoms with Gasteiger partial charge in [-0.15, -0.1) is 0 Å². The predicted octanol–water partition coefficient (Wildman–Crippen LogP) is 2.00. The first-order valence-corrected chi connectivity index (χ1v) is 4.98. The van der Waals surface area contributed by atoms with Gasteiger partial charge in [0.1, 0.15) is 0 Å². The number of nitro benzene ring substituents is 1. The molecule has 0 saturated carbocycles. The van der Waals surface area contributed by atoms with Gasteiger partial charge in [0.05, 0.1) is 4.92 Å². The first-order valence-electron chi connectivity index (χ1n) is 4.98. The lowest BCUT2D eigenvalue weighted by molar-refractivity contribution is -0.385. The van der Waals surface area contributed by atoms with Crippen LogP contribution in [-0.2, 0) is 0 Å².